The fourth-order valence-corrected chi connectivity index (χ4v) is 4.35. The molecule has 186 valence electrons. The van der Waals surface area contributed by atoms with Gasteiger partial charge in [-0.15, -0.1) is 5.10 Å². The molecule has 0 amide bonds. The van der Waals surface area contributed by atoms with E-state index < -0.39 is 0 Å². The molecule has 0 unspecified atom stereocenters. The van der Waals surface area contributed by atoms with Crippen LogP contribution >= 0.6 is 0 Å². The smallest absolute Gasteiger partial charge is 0.317 e. The SMILES string of the molecule is CCc1nc(-c2nnn(C)c2COc2nccc(CO)n2)ccc1N1CCC[C@H](CC(=O)OC)C1. The summed E-state index contributed by atoms with van der Waals surface area (Å²) in [5.74, 6) is 0.114. The second-order valence-electron chi connectivity index (χ2n) is 8.54. The number of aliphatic hydroxyl groups is 1. The molecular weight excluding hydrogens is 450 g/mol. The molecule has 1 fully saturated rings. The van der Waals surface area contributed by atoms with E-state index in [1.54, 1.807) is 24.0 Å². The van der Waals surface area contributed by atoms with Crippen molar-refractivity contribution in [1.29, 1.82) is 0 Å². The van der Waals surface area contributed by atoms with Gasteiger partial charge in [0.25, 0.3) is 0 Å². The van der Waals surface area contributed by atoms with Crippen molar-refractivity contribution in [2.45, 2.75) is 45.8 Å². The number of anilines is 1. The summed E-state index contributed by atoms with van der Waals surface area (Å²) in [6.07, 6.45) is 4.79. The highest BCUT2D eigenvalue weighted by Crippen LogP contribution is 2.30. The quantitative estimate of drug-likeness (QED) is 0.454. The van der Waals surface area contributed by atoms with Crippen molar-refractivity contribution in [3.8, 4) is 17.4 Å². The number of carbonyl (C=O) groups is 1. The van der Waals surface area contributed by atoms with E-state index in [9.17, 15) is 9.90 Å². The number of nitrogens with zero attached hydrogens (tertiary/aromatic N) is 7. The summed E-state index contributed by atoms with van der Waals surface area (Å²) >= 11 is 0. The molecule has 1 aliphatic rings. The van der Waals surface area contributed by atoms with Crippen LogP contribution in [-0.4, -0.2) is 61.2 Å². The molecule has 1 aliphatic heterocycles. The Hall–Kier alpha value is -3.60. The van der Waals surface area contributed by atoms with Gasteiger partial charge in [0.15, 0.2) is 0 Å². The molecular formula is C24H31N7O4. The summed E-state index contributed by atoms with van der Waals surface area (Å²) in [5.41, 5.74) is 4.62. The van der Waals surface area contributed by atoms with E-state index in [0.29, 0.717) is 23.5 Å². The molecule has 0 bridgehead atoms. The van der Waals surface area contributed by atoms with Crippen LogP contribution in [0.2, 0.25) is 0 Å². The second kappa shape index (κ2) is 11.2. The summed E-state index contributed by atoms with van der Waals surface area (Å²) in [7, 11) is 3.23. The third-order valence-corrected chi connectivity index (χ3v) is 6.20. The molecule has 0 saturated carbocycles. The first-order valence-electron chi connectivity index (χ1n) is 11.8. The van der Waals surface area contributed by atoms with E-state index >= 15 is 0 Å². The van der Waals surface area contributed by atoms with E-state index in [1.165, 1.54) is 7.11 Å². The van der Waals surface area contributed by atoms with Crippen molar-refractivity contribution in [2.24, 2.45) is 13.0 Å². The predicted octanol–water partition coefficient (Wildman–Crippen LogP) is 2.08. The molecule has 0 aromatic carbocycles. The maximum absolute atomic E-state index is 11.8. The minimum atomic E-state index is -0.187. The van der Waals surface area contributed by atoms with Crippen molar-refractivity contribution in [2.75, 3.05) is 25.1 Å². The normalized spacial score (nSPS) is 15.8. The Balaban J connectivity index is 1.54. The van der Waals surface area contributed by atoms with Gasteiger partial charge in [-0.3, -0.25) is 4.79 Å². The molecule has 11 heteroatoms. The van der Waals surface area contributed by atoms with Gasteiger partial charge in [-0.1, -0.05) is 12.1 Å². The van der Waals surface area contributed by atoms with Gasteiger partial charge in [0.2, 0.25) is 0 Å². The largest absolute Gasteiger partial charge is 0.469 e. The highest BCUT2D eigenvalue weighted by Gasteiger charge is 2.25. The summed E-state index contributed by atoms with van der Waals surface area (Å²) in [4.78, 5) is 27.3. The fourth-order valence-electron chi connectivity index (χ4n) is 4.35. The van der Waals surface area contributed by atoms with Gasteiger partial charge in [-0.25, -0.2) is 14.6 Å². The molecule has 1 saturated heterocycles. The first-order valence-corrected chi connectivity index (χ1v) is 11.8. The number of methoxy groups -OCH3 is 1. The van der Waals surface area contributed by atoms with Crippen molar-refractivity contribution in [3.63, 3.8) is 0 Å². The van der Waals surface area contributed by atoms with Crippen LogP contribution < -0.4 is 9.64 Å². The Morgan fingerprint density at radius 1 is 1.26 bits per heavy atom. The highest BCUT2D eigenvalue weighted by atomic mass is 16.5. The number of ether oxygens (including phenoxy) is 2. The van der Waals surface area contributed by atoms with E-state index in [2.05, 4.69) is 38.2 Å². The van der Waals surface area contributed by atoms with Gasteiger partial charge in [0, 0.05) is 32.8 Å². The first-order chi connectivity index (χ1) is 17.0. The van der Waals surface area contributed by atoms with Gasteiger partial charge in [-0.2, -0.15) is 4.98 Å². The zero-order chi connectivity index (χ0) is 24.8. The Labute approximate surface area is 204 Å². The number of esters is 1. The van der Waals surface area contributed by atoms with E-state index in [0.717, 1.165) is 49.4 Å². The average molecular weight is 482 g/mol. The summed E-state index contributed by atoms with van der Waals surface area (Å²) < 4.78 is 12.3. The number of aliphatic hydroxyl groups excluding tert-OH is 1. The molecule has 1 N–H and O–H groups in total. The molecule has 11 nitrogen and oxygen atoms in total. The van der Waals surface area contributed by atoms with E-state index in [1.807, 2.05) is 6.07 Å². The lowest BCUT2D eigenvalue weighted by atomic mass is 9.94. The fraction of sp³-hybridized carbons (Fsp3) is 0.500. The van der Waals surface area contributed by atoms with Crippen LogP contribution in [0.25, 0.3) is 11.4 Å². The summed E-state index contributed by atoms with van der Waals surface area (Å²) in [6, 6.07) is 5.83. The number of aryl methyl sites for hydroxylation is 2. The number of rotatable bonds is 9. The van der Waals surface area contributed by atoms with Crippen LogP contribution in [0, 0.1) is 5.92 Å². The molecule has 3 aromatic rings. The third kappa shape index (κ3) is 5.73. The molecule has 0 radical (unpaired) electrons. The van der Waals surface area contributed by atoms with Gasteiger partial charge in [0.05, 0.1) is 36.5 Å². The van der Waals surface area contributed by atoms with Crippen molar-refractivity contribution in [3.05, 3.63) is 41.5 Å². The summed E-state index contributed by atoms with van der Waals surface area (Å²) in [5, 5.41) is 17.8. The van der Waals surface area contributed by atoms with Crippen LogP contribution in [0.4, 0.5) is 5.69 Å². The van der Waals surface area contributed by atoms with Crippen molar-refractivity contribution in [1.82, 2.24) is 29.9 Å². The Bertz CT molecular complexity index is 1170. The number of carbonyl (C=O) groups excluding carboxylic acids is 1. The topological polar surface area (TPSA) is 128 Å². The molecule has 1 atom stereocenters. The van der Waals surface area contributed by atoms with Gasteiger partial charge < -0.3 is 19.5 Å². The maximum atomic E-state index is 11.8. The van der Waals surface area contributed by atoms with E-state index in [4.69, 9.17) is 14.5 Å². The standard InChI is InChI=1S/C24H31N7O4/c1-4-18-20(31-11-5-6-16(13-31)12-22(33)34-3)8-7-19(27-18)23-21(30(2)29-28-23)15-35-24-25-10-9-17(14-32)26-24/h7-10,16,32H,4-6,11-15H2,1-3H3/t16-/m1/s1. The Kier molecular flexibility index (Phi) is 7.86. The lowest BCUT2D eigenvalue weighted by Gasteiger charge is -2.35. The minimum Gasteiger partial charge on any atom is -0.469 e. The maximum Gasteiger partial charge on any atom is 0.317 e. The predicted molar refractivity (Wildman–Crippen MR) is 127 cm³/mol. The third-order valence-electron chi connectivity index (χ3n) is 6.20. The number of hydrogen-bond acceptors (Lipinski definition) is 10. The van der Waals surface area contributed by atoms with Gasteiger partial charge in [-0.05, 0) is 43.4 Å². The molecule has 4 heterocycles. The number of aromatic nitrogens is 6. The lowest BCUT2D eigenvalue weighted by Crippen LogP contribution is -2.37. The molecule has 3 aromatic heterocycles. The van der Waals surface area contributed by atoms with Crippen LogP contribution in [-0.2, 0) is 36.2 Å². The lowest BCUT2D eigenvalue weighted by molar-refractivity contribution is -0.141. The van der Waals surface area contributed by atoms with E-state index in [-0.39, 0.29) is 31.1 Å². The molecule has 0 spiro atoms. The molecule has 0 aliphatic carbocycles. The van der Waals surface area contributed by atoms with Gasteiger partial charge in [0.1, 0.15) is 18.0 Å². The van der Waals surface area contributed by atoms with Crippen molar-refractivity contribution < 1.29 is 19.4 Å². The average Bonchev–Trinajstić information content (AvgIpc) is 3.27. The highest BCUT2D eigenvalue weighted by molar-refractivity contribution is 5.69. The first kappa shape index (κ1) is 24.5. The van der Waals surface area contributed by atoms with Crippen LogP contribution in [0.15, 0.2) is 24.4 Å². The van der Waals surface area contributed by atoms with Crippen molar-refractivity contribution >= 4 is 11.7 Å². The van der Waals surface area contributed by atoms with Gasteiger partial charge >= 0.3 is 12.0 Å². The minimum absolute atomic E-state index is 0.153. The second-order valence-corrected chi connectivity index (χ2v) is 8.54. The monoisotopic (exact) mass is 481 g/mol. The van der Waals surface area contributed by atoms with Crippen LogP contribution in [0.5, 0.6) is 6.01 Å². The molecule has 4 rings (SSSR count). The number of piperidine rings is 1. The van der Waals surface area contributed by atoms with Crippen LogP contribution in [0.3, 0.4) is 0 Å². The summed E-state index contributed by atoms with van der Waals surface area (Å²) in [6.45, 7) is 3.79. The molecule has 35 heavy (non-hydrogen) atoms. The number of hydrogen-bond donors (Lipinski definition) is 1. The number of pyridine rings is 1. The van der Waals surface area contributed by atoms with Crippen LogP contribution in [0.1, 0.15) is 43.3 Å². The Morgan fingerprint density at radius 2 is 2.11 bits per heavy atom. The zero-order valence-corrected chi connectivity index (χ0v) is 20.3. The zero-order valence-electron chi connectivity index (χ0n) is 20.3. The Morgan fingerprint density at radius 3 is 2.89 bits per heavy atom.